The second-order valence-corrected chi connectivity index (χ2v) is 10.8. The third-order valence-electron chi connectivity index (χ3n) is 6.42. The summed E-state index contributed by atoms with van der Waals surface area (Å²) in [5.74, 6) is -0.573. The lowest BCUT2D eigenvalue weighted by atomic mass is 10.1. The van der Waals surface area contributed by atoms with Crippen molar-refractivity contribution < 1.29 is 36.9 Å². The smallest absolute Gasteiger partial charge is 0.406 e. The van der Waals surface area contributed by atoms with Gasteiger partial charge in [0.1, 0.15) is 24.1 Å². The summed E-state index contributed by atoms with van der Waals surface area (Å²) in [6.07, 6.45) is -4.34. The zero-order chi connectivity index (χ0) is 32.1. The van der Waals surface area contributed by atoms with E-state index in [0.717, 1.165) is 23.3 Å². The molecular weight excluding hydrogens is 618 g/mol. The first kappa shape index (κ1) is 31.7. The summed E-state index contributed by atoms with van der Waals surface area (Å²) < 4.78 is 62.5. The first-order chi connectivity index (χ1) is 21.5. The number of rotatable bonds is 9. The average molecular weight is 646 g/mol. The number of carbonyl (C=O) groups is 1. The molecule has 1 atom stereocenters. The second kappa shape index (κ2) is 13.5. The fourth-order valence-corrected chi connectivity index (χ4v) is 5.35. The highest BCUT2D eigenvalue weighted by Gasteiger charge is 2.32. The lowest BCUT2D eigenvalue weighted by Gasteiger charge is -2.25. The lowest BCUT2D eigenvalue weighted by Crippen LogP contribution is -2.35. The van der Waals surface area contributed by atoms with Gasteiger partial charge in [-0.15, -0.1) is 18.3 Å². The van der Waals surface area contributed by atoms with Crippen LogP contribution in [0.25, 0.3) is 5.69 Å². The monoisotopic (exact) mass is 645 g/mol. The Morgan fingerprint density at radius 3 is 2.64 bits per heavy atom. The van der Waals surface area contributed by atoms with Crippen LogP contribution in [-0.2, 0) is 17.9 Å². The number of amidine groups is 1. The van der Waals surface area contributed by atoms with Crippen LogP contribution >= 0.6 is 11.8 Å². The number of aliphatic hydroxyl groups excluding tert-OH is 1. The van der Waals surface area contributed by atoms with Crippen LogP contribution in [0.5, 0.6) is 5.75 Å². The van der Waals surface area contributed by atoms with Gasteiger partial charge in [-0.2, -0.15) is 4.99 Å². The molecule has 2 amide bonds. The van der Waals surface area contributed by atoms with Gasteiger partial charge in [-0.05, 0) is 60.5 Å². The number of thioether (sulfide) groups is 1. The van der Waals surface area contributed by atoms with Crippen LogP contribution in [0.1, 0.15) is 16.7 Å². The van der Waals surface area contributed by atoms with Gasteiger partial charge in [0.05, 0.1) is 23.7 Å². The molecule has 0 aliphatic carbocycles. The summed E-state index contributed by atoms with van der Waals surface area (Å²) in [5, 5.41) is 20.5. The Balaban J connectivity index is 1.20. The fourth-order valence-electron chi connectivity index (χ4n) is 4.40. The van der Waals surface area contributed by atoms with Crippen molar-refractivity contribution in [1.82, 2.24) is 14.8 Å². The maximum Gasteiger partial charge on any atom is 0.573 e. The minimum absolute atomic E-state index is 0.0841. The highest BCUT2D eigenvalue weighted by molar-refractivity contribution is 8.14. The van der Waals surface area contributed by atoms with Crippen LogP contribution in [0.2, 0.25) is 0 Å². The Bertz CT molecular complexity index is 1700. The van der Waals surface area contributed by atoms with Gasteiger partial charge in [-0.1, -0.05) is 30.0 Å². The molecule has 1 unspecified atom stereocenters. The quantitative estimate of drug-likeness (QED) is 0.193. The Morgan fingerprint density at radius 1 is 1.16 bits per heavy atom. The molecule has 5 rings (SSSR count). The fraction of sp³-hybridized carbons (Fsp3) is 0.241. The number of alkyl halides is 3. The van der Waals surface area contributed by atoms with Gasteiger partial charge in [0.25, 0.3) is 0 Å². The van der Waals surface area contributed by atoms with Gasteiger partial charge in [-0.3, -0.25) is 4.90 Å². The van der Waals surface area contributed by atoms with Crippen molar-refractivity contribution in [2.45, 2.75) is 32.7 Å². The number of ether oxygens (including phenoxy) is 2. The van der Waals surface area contributed by atoms with E-state index in [4.69, 9.17) is 4.74 Å². The minimum Gasteiger partial charge on any atom is -0.406 e. The molecule has 1 aliphatic heterocycles. The van der Waals surface area contributed by atoms with E-state index in [9.17, 15) is 27.5 Å². The number of methoxy groups -OCH3 is 1. The van der Waals surface area contributed by atoms with E-state index in [1.54, 1.807) is 18.1 Å². The van der Waals surface area contributed by atoms with Crippen LogP contribution in [0.15, 0.2) is 72.0 Å². The zero-order valence-electron chi connectivity index (χ0n) is 23.9. The number of anilines is 3. The molecule has 3 aromatic carbocycles. The van der Waals surface area contributed by atoms with Crippen molar-refractivity contribution in [2.75, 3.05) is 28.4 Å². The number of nitrogens with one attached hydrogen (secondary N) is 2. The summed E-state index contributed by atoms with van der Waals surface area (Å²) in [6.45, 7) is 2.35. The Kier molecular flexibility index (Phi) is 9.55. The summed E-state index contributed by atoms with van der Waals surface area (Å²) in [7, 11) is 1.56. The van der Waals surface area contributed by atoms with Crippen molar-refractivity contribution in [3.05, 3.63) is 89.5 Å². The number of benzene rings is 3. The van der Waals surface area contributed by atoms with Crippen LogP contribution in [-0.4, -0.2) is 56.5 Å². The van der Waals surface area contributed by atoms with Crippen molar-refractivity contribution in [1.29, 1.82) is 0 Å². The predicted molar refractivity (Wildman–Crippen MR) is 161 cm³/mol. The van der Waals surface area contributed by atoms with Crippen LogP contribution in [0.3, 0.4) is 0 Å². The molecule has 1 saturated heterocycles. The molecule has 11 nitrogen and oxygen atoms in total. The van der Waals surface area contributed by atoms with Gasteiger partial charge in [-0.25, -0.2) is 18.9 Å². The van der Waals surface area contributed by atoms with E-state index in [-0.39, 0.29) is 29.1 Å². The lowest BCUT2D eigenvalue weighted by molar-refractivity contribution is -0.274. The Morgan fingerprint density at radius 2 is 1.93 bits per heavy atom. The zero-order valence-corrected chi connectivity index (χ0v) is 24.7. The standard InChI is InChI=1S/C29H27F4N7O4S/c1-17-3-5-19(14-43-2)24(11-17)40-25(41)15-45-28(40)37-27(42)36-23-10-4-18(12-22(23)30)13-34-26-35-16-39(38-26)20-6-8-21(9-7-20)44-29(31,32)33/h3-12,16,25,41H,13-15H2,1-2H3,(H,34,38)(H,36,42). The van der Waals surface area contributed by atoms with Gasteiger partial charge >= 0.3 is 12.4 Å². The van der Waals surface area contributed by atoms with Crippen molar-refractivity contribution in [2.24, 2.45) is 4.99 Å². The van der Waals surface area contributed by atoms with Crippen LogP contribution < -0.4 is 20.3 Å². The highest BCUT2D eigenvalue weighted by Crippen LogP contribution is 2.33. The molecule has 1 aromatic heterocycles. The molecule has 0 saturated carbocycles. The van der Waals surface area contributed by atoms with Gasteiger partial charge in [0.2, 0.25) is 5.95 Å². The minimum atomic E-state index is -4.79. The van der Waals surface area contributed by atoms with E-state index in [0.29, 0.717) is 29.3 Å². The molecular formula is C29H27F4N7O4S. The number of aliphatic imine (C=N–C) groups is 1. The molecule has 0 spiro atoms. The number of amides is 2. The largest absolute Gasteiger partial charge is 0.573 e. The van der Waals surface area contributed by atoms with Crippen LogP contribution in [0.4, 0.5) is 39.7 Å². The summed E-state index contributed by atoms with van der Waals surface area (Å²) >= 11 is 1.20. The maximum absolute atomic E-state index is 14.9. The summed E-state index contributed by atoms with van der Waals surface area (Å²) in [6, 6.07) is 14.2. The van der Waals surface area contributed by atoms with Crippen molar-refractivity contribution in [3.8, 4) is 11.4 Å². The van der Waals surface area contributed by atoms with E-state index in [1.807, 2.05) is 25.1 Å². The highest BCUT2D eigenvalue weighted by atomic mass is 32.2. The van der Waals surface area contributed by atoms with E-state index < -0.39 is 24.4 Å². The number of urea groups is 1. The molecule has 3 N–H and O–H groups in total. The maximum atomic E-state index is 14.9. The van der Waals surface area contributed by atoms with Crippen molar-refractivity contribution in [3.63, 3.8) is 0 Å². The molecule has 2 heterocycles. The number of aliphatic hydroxyl groups is 1. The number of aromatic nitrogens is 3. The number of carbonyl (C=O) groups excluding carboxylic acids is 1. The SMILES string of the molecule is COCc1ccc(C)cc1N1C(=NC(=O)Nc2ccc(CNc3ncn(-c4ccc(OC(F)(F)F)cc4)n3)cc2F)SCC1O. The Labute approximate surface area is 258 Å². The molecule has 45 heavy (non-hydrogen) atoms. The summed E-state index contributed by atoms with van der Waals surface area (Å²) in [4.78, 5) is 22.5. The molecule has 1 aliphatic rings. The number of hydrogen-bond donors (Lipinski definition) is 3. The molecule has 16 heteroatoms. The number of nitrogens with zero attached hydrogens (tertiary/aromatic N) is 5. The first-order valence-electron chi connectivity index (χ1n) is 13.4. The second-order valence-electron chi connectivity index (χ2n) is 9.77. The molecule has 236 valence electrons. The van der Waals surface area contributed by atoms with Crippen molar-refractivity contribution >= 4 is 40.3 Å². The Hall–Kier alpha value is -4.67. The average Bonchev–Trinajstić information content (AvgIpc) is 3.60. The summed E-state index contributed by atoms with van der Waals surface area (Å²) in [5.41, 5.74) is 3.31. The number of halogens is 4. The normalized spacial score (nSPS) is 15.8. The van der Waals surface area contributed by atoms with Crippen LogP contribution in [0, 0.1) is 12.7 Å². The molecule has 0 bridgehead atoms. The molecule has 4 aromatic rings. The van der Waals surface area contributed by atoms with Gasteiger partial charge in [0.15, 0.2) is 5.17 Å². The van der Waals surface area contributed by atoms with E-state index in [2.05, 4.69) is 30.4 Å². The number of aryl methyl sites for hydroxylation is 1. The third kappa shape index (κ3) is 8.09. The number of hydrogen-bond acceptors (Lipinski definition) is 8. The van der Waals surface area contributed by atoms with E-state index in [1.165, 1.54) is 47.0 Å². The molecule has 1 fully saturated rings. The first-order valence-corrected chi connectivity index (χ1v) is 14.4. The molecule has 0 radical (unpaired) electrons. The predicted octanol–water partition coefficient (Wildman–Crippen LogP) is 5.83. The third-order valence-corrected chi connectivity index (χ3v) is 7.43. The van der Waals surface area contributed by atoms with Gasteiger partial charge < -0.3 is 25.2 Å². The topological polar surface area (TPSA) is 126 Å². The van der Waals surface area contributed by atoms with Gasteiger partial charge in [0, 0.05) is 25.0 Å². The van der Waals surface area contributed by atoms with E-state index >= 15 is 0 Å².